The molecule has 1 aliphatic rings. The van der Waals surface area contributed by atoms with E-state index < -0.39 is 20.5 Å². The van der Waals surface area contributed by atoms with Crippen LogP contribution in [0.15, 0.2) is 53.5 Å². The molecule has 1 unspecified atom stereocenters. The van der Waals surface area contributed by atoms with Gasteiger partial charge in [0.25, 0.3) is 0 Å². The van der Waals surface area contributed by atoms with Crippen LogP contribution in [0.5, 0.6) is 11.5 Å². The molecule has 2 heterocycles. The molecule has 0 saturated heterocycles. The number of fused-ring (bicyclic) bond motifs is 3. The largest absolute Gasteiger partial charge is 0.453 e. The lowest BCUT2D eigenvalue weighted by molar-refractivity contribution is 0.128. The van der Waals surface area contributed by atoms with Crippen LogP contribution < -0.4 is 20.2 Å². The Morgan fingerprint density at radius 2 is 1.91 bits per heavy atom. The Labute approximate surface area is 205 Å². The molecule has 1 aliphatic heterocycles. The molecular formula is C26H32N2O6Si. The van der Waals surface area contributed by atoms with E-state index in [1.807, 2.05) is 30.3 Å². The van der Waals surface area contributed by atoms with E-state index in [1.165, 1.54) is 6.07 Å². The average molecular weight is 497 g/mol. The molecule has 4 rings (SSSR count). The van der Waals surface area contributed by atoms with Crippen LogP contribution in [-0.2, 0) is 15.8 Å². The third-order valence-corrected chi connectivity index (χ3v) is 11.1. The van der Waals surface area contributed by atoms with E-state index in [2.05, 4.69) is 44.2 Å². The highest BCUT2D eigenvalue weighted by Crippen LogP contribution is 2.44. The van der Waals surface area contributed by atoms with Crippen molar-refractivity contribution in [3.63, 3.8) is 0 Å². The Bertz CT molecular complexity index is 1270. The van der Waals surface area contributed by atoms with Crippen molar-refractivity contribution >= 4 is 25.3 Å². The lowest BCUT2D eigenvalue weighted by atomic mass is 10.0. The number of H-pyrrole nitrogens is 1. The number of benzene rings is 2. The molecule has 186 valence electrons. The Hall–Kier alpha value is -3.30. The van der Waals surface area contributed by atoms with Crippen molar-refractivity contribution in [2.75, 3.05) is 13.3 Å². The maximum Gasteiger partial charge on any atom is 0.407 e. The lowest BCUT2D eigenvalue weighted by Gasteiger charge is -2.39. The molecule has 1 amide bonds. The molecular weight excluding hydrogens is 464 g/mol. The zero-order chi connectivity index (χ0) is 25.2. The van der Waals surface area contributed by atoms with Gasteiger partial charge in [-0.15, -0.1) is 0 Å². The number of aromatic amines is 1. The maximum atomic E-state index is 13.0. The topological polar surface area (TPSA) is 98.9 Å². The Kier molecular flexibility index (Phi) is 6.91. The minimum absolute atomic E-state index is 0.0721. The van der Waals surface area contributed by atoms with E-state index in [4.69, 9.17) is 18.6 Å². The Morgan fingerprint density at radius 3 is 2.63 bits per heavy atom. The summed E-state index contributed by atoms with van der Waals surface area (Å²) in [6.45, 7) is 11.0. The molecule has 0 radical (unpaired) electrons. The first-order chi connectivity index (χ1) is 16.6. The molecule has 0 aliphatic carbocycles. The molecule has 35 heavy (non-hydrogen) atoms. The van der Waals surface area contributed by atoms with Crippen molar-refractivity contribution in [3.8, 4) is 11.5 Å². The summed E-state index contributed by atoms with van der Waals surface area (Å²) in [7, 11) is -2.30. The minimum atomic E-state index is -2.30. The van der Waals surface area contributed by atoms with Crippen LogP contribution in [0.4, 0.5) is 4.79 Å². The van der Waals surface area contributed by atoms with Crippen LogP contribution in [0.2, 0.25) is 18.1 Å². The molecule has 0 bridgehead atoms. The second-order valence-electron chi connectivity index (χ2n) is 10.1. The minimum Gasteiger partial charge on any atom is -0.453 e. The standard InChI is InChI=1S/C26H32N2O6Si/c1-26(2,3)35(4,5)34-21(14-28-25(30)31-15-17-9-7-6-8-10-17)18-13-20-24(33-16-32-20)23-22(18)19(29)11-12-27-23/h6-13,21H,14-16H2,1-5H3,(H,27,29)(H,28,30). The monoisotopic (exact) mass is 496 g/mol. The zero-order valence-electron chi connectivity index (χ0n) is 20.8. The molecule has 3 aromatic rings. The number of amides is 1. The average Bonchev–Trinajstić information content (AvgIpc) is 3.29. The van der Waals surface area contributed by atoms with Gasteiger partial charge < -0.3 is 28.9 Å². The second kappa shape index (κ2) is 9.75. The number of hydrogen-bond donors (Lipinski definition) is 2. The van der Waals surface area contributed by atoms with Gasteiger partial charge in [-0.1, -0.05) is 51.1 Å². The van der Waals surface area contributed by atoms with Crippen molar-refractivity contribution in [2.45, 2.75) is 51.6 Å². The highest BCUT2D eigenvalue weighted by atomic mass is 28.4. The van der Waals surface area contributed by atoms with Gasteiger partial charge in [-0.3, -0.25) is 4.79 Å². The van der Waals surface area contributed by atoms with Crippen LogP contribution in [0.25, 0.3) is 10.9 Å². The van der Waals surface area contributed by atoms with Gasteiger partial charge in [0.1, 0.15) is 6.61 Å². The van der Waals surface area contributed by atoms with Gasteiger partial charge in [0, 0.05) is 12.3 Å². The van der Waals surface area contributed by atoms with Crippen LogP contribution >= 0.6 is 0 Å². The molecule has 9 heteroatoms. The van der Waals surface area contributed by atoms with E-state index in [0.29, 0.717) is 28.0 Å². The maximum absolute atomic E-state index is 13.0. The Balaban J connectivity index is 1.65. The van der Waals surface area contributed by atoms with Crippen molar-refractivity contribution in [2.24, 2.45) is 0 Å². The summed E-state index contributed by atoms with van der Waals surface area (Å²) in [5.74, 6) is 1.03. The van der Waals surface area contributed by atoms with Crippen LogP contribution in [-0.4, -0.2) is 32.7 Å². The van der Waals surface area contributed by atoms with Crippen molar-refractivity contribution < 1.29 is 23.4 Å². The highest BCUT2D eigenvalue weighted by Gasteiger charge is 2.40. The van der Waals surface area contributed by atoms with Crippen molar-refractivity contribution in [3.05, 3.63) is 70.0 Å². The summed E-state index contributed by atoms with van der Waals surface area (Å²) in [6.07, 6.45) is 0.427. The number of pyridine rings is 1. The SMILES string of the molecule is CC(C)(C)[Si](C)(C)OC(CNC(=O)OCc1ccccc1)c1cc2c(c3[nH]ccc(=O)c13)OCO2. The summed E-state index contributed by atoms with van der Waals surface area (Å²) >= 11 is 0. The first-order valence-corrected chi connectivity index (χ1v) is 14.5. The third-order valence-electron chi connectivity index (χ3n) is 6.64. The van der Waals surface area contributed by atoms with Gasteiger partial charge in [-0.2, -0.15) is 0 Å². The number of alkyl carbamates (subject to hydrolysis) is 1. The predicted molar refractivity (Wildman–Crippen MR) is 136 cm³/mol. The highest BCUT2D eigenvalue weighted by molar-refractivity contribution is 6.74. The normalized spacial score (nSPS) is 14.1. The number of ether oxygens (including phenoxy) is 3. The van der Waals surface area contributed by atoms with Gasteiger partial charge in [0.05, 0.1) is 23.6 Å². The molecule has 1 aromatic heterocycles. The number of aromatic nitrogens is 1. The second-order valence-corrected chi connectivity index (χ2v) is 14.9. The first kappa shape index (κ1) is 24.8. The third kappa shape index (κ3) is 5.36. The fourth-order valence-electron chi connectivity index (χ4n) is 3.70. The fraction of sp³-hybridized carbons (Fsp3) is 0.385. The summed E-state index contributed by atoms with van der Waals surface area (Å²) in [6, 6.07) is 12.7. The van der Waals surface area contributed by atoms with E-state index in [1.54, 1.807) is 12.3 Å². The molecule has 1 atom stereocenters. The van der Waals surface area contributed by atoms with Crippen LogP contribution in [0, 0.1) is 0 Å². The number of carbonyl (C=O) groups excluding carboxylic acids is 1. The van der Waals surface area contributed by atoms with E-state index >= 15 is 0 Å². The fourth-order valence-corrected chi connectivity index (χ4v) is 4.98. The molecule has 0 spiro atoms. The lowest BCUT2D eigenvalue weighted by Crippen LogP contribution is -2.44. The van der Waals surface area contributed by atoms with Gasteiger partial charge in [0.15, 0.2) is 25.2 Å². The Morgan fingerprint density at radius 1 is 1.17 bits per heavy atom. The smallest absolute Gasteiger partial charge is 0.407 e. The molecule has 8 nitrogen and oxygen atoms in total. The van der Waals surface area contributed by atoms with Crippen molar-refractivity contribution in [1.29, 1.82) is 0 Å². The van der Waals surface area contributed by atoms with E-state index in [9.17, 15) is 9.59 Å². The molecule has 2 aromatic carbocycles. The summed E-state index contributed by atoms with van der Waals surface area (Å²) in [5, 5.41) is 3.20. The summed E-state index contributed by atoms with van der Waals surface area (Å²) < 4.78 is 23.4. The predicted octanol–water partition coefficient (Wildman–Crippen LogP) is 5.25. The number of hydrogen-bond acceptors (Lipinski definition) is 6. The molecule has 0 fully saturated rings. The van der Waals surface area contributed by atoms with Crippen LogP contribution in [0.3, 0.4) is 0 Å². The van der Waals surface area contributed by atoms with Gasteiger partial charge in [-0.05, 0) is 35.3 Å². The quantitative estimate of drug-likeness (QED) is 0.434. The summed E-state index contributed by atoms with van der Waals surface area (Å²) in [4.78, 5) is 28.7. The van der Waals surface area contributed by atoms with E-state index in [0.717, 1.165) is 5.56 Å². The van der Waals surface area contributed by atoms with Crippen LogP contribution in [0.1, 0.15) is 38.0 Å². The van der Waals surface area contributed by atoms with Crippen molar-refractivity contribution in [1.82, 2.24) is 10.3 Å². The number of rotatable bonds is 7. The number of nitrogens with one attached hydrogen (secondary N) is 2. The molecule has 2 N–H and O–H groups in total. The van der Waals surface area contributed by atoms with Gasteiger partial charge >= 0.3 is 6.09 Å². The van der Waals surface area contributed by atoms with Gasteiger partial charge in [0.2, 0.25) is 6.79 Å². The first-order valence-electron chi connectivity index (χ1n) is 11.6. The summed E-state index contributed by atoms with van der Waals surface area (Å²) in [5.41, 5.74) is 1.92. The number of carbonyl (C=O) groups is 1. The van der Waals surface area contributed by atoms with E-state index in [-0.39, 0.29) is 30.4 Å². The molecule has 0 saturated carbocycles. The van der Waals surface area contributed by atoms with Gasteiger partial charge in [-0.25, -0.2) is 4.79 Å². The zero-order valence-corrected chi connectivity index (χ0v) is 21.8.